The van der Waals surface area contributed by atoms with Gasteiger partial charge in [0.25, 0.3) is 11.8 Å². The Morgan fingerprint density at radius 3 is 2.41 bits per heavy atom. The number of rotatable bonds is 4. The molecule has 1 saturated heterocycles. The molecule has 0 radical (unpaired) electrons. The summed E-state index contributed by atoms with van der Waals surface area (Å²) in [6.07, 6.45) is 4.74. The molecule has 0 bridgehead atoms. The van der Waals surface area contributed by atoms with Crippen molar-refractivity contribution in [3.8, 4) is 0 Å². The van der Waals surface area contributed by atoms with E-state index in [2.05, 4.69) is 20.2 Å². The molecule has 0 atom stereocenters. The number of nitrogens with zero attached hydrogens (tertiary/aromatic N) is 3. The highest BCUT2D eigenvalue weighted by molar-refractivity contribution is 5.96. The Hall–Kier alpha value is -3.52. The van der Waals surface area contributed by atoms with Crippen LogP contribution in [0.2, 0.25) is 0 Å². The molecule has 8 nitrogen and oxygen atoms in total. The van der Waals surface area contributed by atoms with Gasteiger partial charge in [-0.3, -0.25) is 19.8 Å². The maximum absolute atomic E-state index is 12.6. The minimum atomic E-state index is -0.590. The molecule has 1 aliphatic heterocycles. The monoisotopic (exact) mass is 391 g/mol. The average Bonchev–Trinajstić information content (AvgIpc) is 2.79. The molecule has 1 aliphatic rings. The second kappa shape index (κ2) is 8.24. The van der Waals surface area contributed by atoms with Gasteiger partial charge in [-0.05, 0) is 36.4 Å². The van der Waals surface area contributed by atoms with E-state index < -0.39 is 5.91 Å². The molecular weight excluding hydrogens is 370 g/mol. The highest BCUT2D eigenvalue weighted by atomic mass is 16.5. The predicted octanol–water partition coefficient (Wildman–Crippen LogP) is 2.15. The van der Waals surface area contributed by atoms with Crippen LogP contribution in [-0.4, -0.2) is 46.1 Å². The van der Waals surface area contributed by atoms with Crippen LogP contribution in [0.1, 0.15) is 33.7 Å². The smallest absolute Gasteiger partial charge is 0.276 e. The first-order chi connectivity index (χ1) is 14.1. The first-order valence-corrected chi connectivity index (χ1v) is 9.45. The standard InChI is InChI=1S/C21H21N5O3/c27-20(25-29)16-5-6-19(23-13-16)26-9-7-17(8-10-26)24-21(28)18-11-14-3-1-2-4-15(14)12-22-18/h1-6,11-13,17,29H,7-10H2,(H,24,28)(H,25,27). The number of nitrogens with one attached hydrogen (secondary N) is 2. The molecular formula is C21H21N5O3. The Kier molecular flexibility index (Phi) is 5.35. The molecule has 29 heavy (non-hydrogen) atoms. The van der Waals surface area contributed by atoms with Gasteiger partial charge in [0.05, 0.1) is 5.56 Å². The zero-order chi connectivity index (χ0) is 20.2. The summed E-state index contributed by atoms with van der Waals surface area (Å²) in [6, 6.07) is 13.1. The minimum absolute atomic E-state index is 0.0754. The van der Waals surface area contributed by atoms with Crippen LogP contribution in [0.5, 0.6) is 0 Å². The molecule has 2 amide bonds. The summed E-state index contributed by atoms with van der Waals surface area (Å²) in [7, 11) is 0. The molecule has 0 aliphatic carbocycles. The summed E-state index contributed by atoms with van der Waals surface area (Å²) >= 11 is 0. The lowest BCUT2D eigenvalue weighted by Gasteiger charge is -2.33. The fraction of sp³-hybridized carbons (Fsp3) is 0.238. The number of hydrogen-bond acceptors (Lipinski definition) is 6. The van der Waals surface area contributed by atoms with Crippen LogP contribution in [0.15, 0.2) is 54.9 Å². The lowest BCUT2D eigenvalue weighted by Crippen LogP contribution is -2.45. The number of pyridine rings is 2. The van der Waals surface area contributed by atoms with Crippen LogP contribution in [0.25, 0.3) is 10.8 Å². The van der Waals surface area contributed by atoms with E-state index in [0.717, 1.165) is 42.5 Å². The van der Waals surface area contributed by atoms with E-state index in [1.165, 1.54) is 6.20 Å². The van der Waals surface area contributed by atoms with Gasteiger partial charge < -0.3 is 10.2 Å². The number of aromatic nitrogens is 2. The SMILES string of the molecule is O=C(NO)c1ccc(N2CCC(NC(=O)c3cc4ccccc4cn3)CC2)nc1. The summed E-state index contributed by atoms with van der Waals surface area (Å²) in [4.78, 5) is 34.6. The predicted molar refractivity (Wildman–Crippen MR) is 108 cm³/mol. The van der Waals surface area contributed by atoms with Gasteiger partial charge in [0.1, 0.15) is 11.5 Å². The fourth-order valence-electron chi connectivity index (χ4n) is 3.49. The van der Waals surface area contributed by atoms with Crippen LogP contribution in [0, 0.1) is 0 Å². The first-order valence-electron chi connectivity index (χ1n) is 9.45. The molecule has 1 aromatic carbocycles. The number of piperidine rings is 1. The normalized spacial score (nSPS) is 14.6. The topological polar surface area (TPSA) is 107 Å². The van der Waals surface area contributed by atoms with Crippen LogP contribution in [-0.2, 0) is 0 Å². The van der Waals surface area contributed by atoms with Crippen molar-refractivity contribution in [2.75, 3.05) is 18.0 Å². The maximum Gasteiger partial charge on any atom is 0.276 e. The number of fused-ring (bicyclic) bond motifs is 1. The number of carbonyl (C=O) groups excluding carboxylic acids is 2. The van der Waals surface area contributed by atoms with E-state index in [1.54, 1.807) is 23.8 Å². The average molecular weight is 391 g/mol. The summed E-state index contributed by atoms with van der Waals surface area (Å²) in [5, 5.41) is 13.7. The molecule has 8 heteroatoms. The highest BCUT2D eigenvalue weighted by Gasteiger charge is 2.22. The molecule has 4 rings (SSSR count). The lowest BCUT2D eigenvalue weighted by molar-refractivity contribution is 0.0706. The number of carbonyl (C=O) groups is 2. The van der Waals surface area contributed by atoms with Gasteiger partial charge in [-0.1, -0.05) is 24.3 Å². The Labute approximate surface area is 167 Å². The number of amides is 2. The Balaban J connectivity index is 1.34. The molecule has 1 fully saturated rings. The third kappa shape index (κ3) is 4.17. The third-order valence-electron chi connectivity index (χ3n) is 5.13. The Bertz CT molecular complexity index is 1030. The van der Waals surface area contributed by atoms with Gasteiger partial charge in [-0.25, -0.2) is 10.5 Å². The van der Waals surface area contributed by atoms with Gasteiger partial charge in [0.15, 0.2) is 0 Å². The summed E-state index contributed by atoms with van der Waals surface area (Å²) in [5.74, 6) is 0.0138. The van der Waals surface area contributed by atoms with E-state index in [1.807, 2.05) is 30.3 Å². The van der Waals surface area contributed by atoms with E-state index in [-0.39, 0.29) is 11.9 Å². The van der Waals surface area contributed by atoms with E-state index in [9.17, 15) is 9.59 Å². The van der Waals surface area contributed by atoms with Crippen molar-refractivity contribution in [1.29, 1.82) is 0 Å². The van der Waals surface area contributed by atoms with Crippen LogP contribution < -0.4 is 15.7 Å². The number of benzene rings is 1. The zero-order valence-electron chi connectivity index (χ0n) is 15.7. The van der Waals surface area contributed by atoms with Crippen LogP contribution in [0.3, 0.4) is 0 Å². The zero-order valence-corrected chi connectivity index (χ0v) is 15.7. The molecule has 3 aromatic rings. The highest BCUT2D eigenvalue weighted by Crippen LogP contribution is 2.19. The number of hydrogen-bond donors (Lipinski definition) is 3. The second-order valence-corrected chi connectivity index (χ2v) is 7.00. The molecule has 0 saturated carbocycles. The third-order valence-corrected chi connectivity index (χ3v) is 5.13. The Morgan fingerprint density at radius 1 is 0.966 bits per heavy atom. The van der Waals surface area contributed by atoms with E-state index in [0.29, 0.717) is 11.3 Å². The van der Waals surface area contributed by atoms with Crippen molar-refractivity contribution in [3.05, 3.63) is 66.1 Å². The molecule has 3 N–H and O–H groups in total. The summed E-state index contributed by atoms with van der Waals surface area (Å²) < 4.78 is 0. The van der Waals surface area contributed by atoms with Gasteiger partial charge in [0.2, 0.25) is 0 Å². The first kappa shape index (κ1) is 18.8. The molecule has 3 heterocycles. The maximum atomic E-state index is 12.6. The quantitative estimate of drug-likeness (QED) is 0.465. The van der Waals surface area contributed by atoms with Crippen molar-refractivity contribution in [2.45, 2.75) is 18.9 Å². The van der Waals surface area contributed by atoms with Crippen molar-refractivity contribution >= 4 is 28.4 Å². The van der Waals surface area contributed by atoms with Crippen molar-refractivity contribution in [1.82, 2.24) is 20.8 Å². The van der Waals surface area contributed by atoms with Crippen molar-refractivity contribution < 1.29 is 14.8 Å². The van der Waals surface area contributed by atoms with Crippen molar-refractivity contribution in [3.63, 3.8) is 0 Å². The minimum Gasteiger partial charge on any atom is -0.356 e. The largest absolute Gasteiger partial charge is 0.356 e. The van der Waals surface area contributed by atoms with Gasteiger partial charge in [-0.2, -0.15) is 0 Å². The molecule has 148 valence electrons. The van der Waals surface area contributed by atoms with E-state index in [4.69, 9.17) is 5.21 Å². The van der Waals surface area contributed by atoms with Gasteiger partial charge in [-0.15, -0.1) is 0 Å². The number of hydroxylamine groups is 1. The molecule has 0 unspecified atom stereocenters. The summed E-state index contributed by atoms with van der Waals surface area (Å²) in [5.41, 5.74) is 2.30. The molecule has 0 spiro atoms. The molecule has 2 aromatic heterocycles. The summed E-state index contributed by atoms with van der Waals surface area (Å²) in [6.45, 7) is 1.49. The van der Waals surface area contributed by atoms with Crippen LogP contribution in [0.4, 0.5) is 5.82 Å². The Morgan fingerprint density at radius 2 is 1.72 bits per heavy atom. The van der Waals surface area contributed by atoms with Gasteiger partial charge in [0, 0.05) is 36.9 Å². The number of anilines is 1. The lowest BCUT2D eigenvalue weighted by atomic mass is 10.0. The second-order valence-electron chi connectivity index (χ2n) is 7.00. The van der Waals surface area contributed by atoms with Crippen LogP contribution >= 0.6 is 0 Å². The van der Waals surface area contributed by atoms with E-state index >= 15 is 0 Å². The fourth-order valence-corrected chi connectivity index (χ4v) is 3.49. The van der Waals surface area contributed by atoms with Crippen molar-refractivity contribution in [2.24, 2.45) is 0 Å². The van der Waals surface area contributed by atoms with Gasteiger partial charge >= 0.3 is 0 Å².